The Morgan fingerprint density at radius 3 is 2.35 bits per heavy atom. The van der Waals surface area contributed by atoms with Crippen LogP contribution in [0.25, 0.3) is 0 Å². The molecule has 1 heterocycles. The third-order valence-electron chi connectivity index (χ3n) is 4.40. The lowest BCUT2D eigenvalue weighted by molar-refractivity contribution is -0.137. The van der Waals surface area contributed by atoms with E-state index in [0.29, 0.717) is 11.4 Å². The minimum atomic E-state index is -4.57. The van der Waals surface area contributed by atoms with E-state index >= 15 is 0 Å². The highest BCUT2D eigenvalue weighted by atomic mass is 19.4. The fourth-order valence-corrected chi connectivity index (χ4v) is 2.95. The smallest absolute Gasteiger partial charge is 0.421 e. The van der Waals surface area contributed by atoms with Crippen molar-refractivity contribution in [2.75, 3.05) is 19.1 Å². The second-order valence-corrected chi connectivity index (χ2v) is 6.17. The third-order valence-corrected chi connectivity index (χ3v) is 4.40. The zero-order valence-corrected chi connectivity index (χ0v) is 14.6. The van der Waals surface area contributed by atoms with Gasteiger partial charge in [-0.25, -0.2) is 4.98 Å². The van der Waals surface area contributed by atoms with E-state index in [1.807, 2.05) is 0 Å². The van der Waals surface area contributed by atoms with Crippen LogP contribution in [0.1, 0.15) is 31.2 Å². The molecule has 0 atom stereocenters. The third kappa shape index (κ3) is 4.00. The lowest BCUT2D eigenvalue weighted by Crippen LogP contribution is -2.20. The Kier molecular flexibility index (Phi) is 5.20. The van der Waals surface area contributed by atoms with E-state index in [1.54, 1.807) is 24.3 Å². The summed E-state index contributed by atoms with van der Waals surface area (Å²) in [6, 6.07) is 6.66. The number of hydrogen-bond donors (Lipinski definition) is 0. The van der Waals surface area contributed by atoms with Crippen molar-refractivity contribution in [2.45, 2.75) is 38.0 Å². The maximum Gasteiger partial charge on any atom is 0.421 e. The number of ether oxygens (including phenoxy) is 2. The number of rotatable bonds is 5. The van der Waals surface area contributed by atoms with Crippen LogP contribution in [0.3, 0.4) is 0 Å². The van der Waals surface area contributed by atoms with Gasteiger partial charge in [-0.3, -0.25) is 0 Å². The number of aromatic nitrogens is 2. The van der Waals surface area contributed by atoms with Crippen LogP contribution in [-0.4, -0.2) is 30.2 Å². The molecule has 1 aromatic carbocycles. The van der Waals surface area contributed by atoms with Gasteiger partial charge in [0.2, 0.25) is 0 Å². The molecule has 1 aliphatic rings. The summed E-state index contributed by atoms with van der Waals surface area (Å²) in [4.78, 5) is 9.20. The summed E-state index contributed by atoms with van der Waals surface area (Å²) in [5.41, 5.74) is -0.364. The molecule has 1 fully saturated rings. The molecule has 0 N–H and O–H groups in total. The van der Waals surface area contributed by atoms with Crippen LogP contribution in [0.5, 0.6) is 11.8 Å². The average Bonchev–Trinajstić information content (AvgIpc) is 3.13. The van der Waals surface area contributed by atoms with E-state index in [0.717, 1.165) is 31.9 Å². The highest BCUT2D eigenvalue weighted by Gasteiger charge is 2.37. The van der Waals surface area contributed by atoms with Crippen molar-refractivity contribution in [3.63, 3.8) is 0 Å². The molecule has 140 valence electrons. The molecule has 1 aromatic heterocycles. The Morgan fingerprint density at radius 1 is 1.12 bits per heavy atom. The first kappa shape index (κ1) is 18.3. The number of alkyl halides is 3. The minimum absolute atomic E-state index is 0.0275. The van der Waals surface area contributed by atoms with Gasteiger partial charge in [-0.15, -0.1) is 0 Å². The number of anilines is 2. The Balaban J connectivity index is 1.94. The van der Waals surface area contributed by atoms with Crippen LogP contribution in [0.2, 0.25) is 0 Å². The van der Waals surface area contributed by atoms with Crippen LogP contribution in [-0.2, 0) is 6.18 Å². The Labute approximate surface area is 149 Å². The second kappa shape index (κ2) is 7.39. The van der Waals surface area contributed by atoms with Gasteiger partial charge in [0.1, 0.15) is 17.4 Å². The summed E-state index contributed by atoms with van der Waals surface area (Å²) in [5, 5.41) is 0. The molecule has 8 heteroatoms. The van der Waals surface area contributed by atoms with Gasteiger partial charge in [0.25, 0.3) is 0 Å². The number of benzene rings is 1. The van der Waals surface area contributed by atoms with E-state index < -0.39 is 11.7 Å². The summed E-state index contributed by atoms with van der Waals surface area (Å²) in [6.45, 7) is 0. The molecule has 0 unspecified atom stereocenters. The summed E-state index contributed by atoms with van der Waals surface area (Å²) < 4.78 is 51.0. The van der Waals surface area contributed by atoms with Crippen LogP contribution >= 0.6 is 0 Å². The van der Waals surface area contributed by atoms with Gasteiger partial charge in [0.05, 0.1) is 7.11 Å². The Hall–Kier alpha value is -2.51. The molecule has 0 aliphatic heterocycles. The molecule has 1 saturated carbocycles. The molecule has 26 heavy (non-hydrogen) atoms. The van der Waals surface area contributed by atoms with E-state index in [1.165, 1.54) is 19.1 Å². The SMILES string of the molecule is COc1ccc(N(C)c2nc(OC3CCCC3)ncc2C(F)(F)F)cc1. The quantitative estimate of drug-likeness (QED) is 0.773. The maximum absolute atomic E-state index is 13.4. The van der Waals surface area contributed by atoms with Gasteiger partial charge in [-0.05, 0) is 49.9 Å². The van der Waals surface area contributed by atoms with Crippen molar-refractivity contribution < 1.29 is 22.6 Å². The lowest BCUT2D eigenvalue weighted by atomic mass is 10.2. The van der Waals surface area contributed by atoms with E-state index in [9.17, 15) is 13.2 Å². The maximum atomic E-state index is 13.4. The fourth-order valence-electron chi connectivity index (χ4n) is 2.95. The van der Waals surface area contributed by atoms with Crippen LogP contribution in [0, 0.1) is 0 Å². The molecule has 3 rings (SSSR count). The molecule has 0 spiro atoms. The number of nitrogens with zero attached hydrogens (tertiary/aromatic N) is 3. The zero-order valence-electron chi connectivity index (χ0n) is 14.6. The van der Waals surface area contributed by atoms with Gasteiger partial charge in [-0.2, -0.15) is 18.2 Å². The number of halogens is 3. The average molecular weight is 367 g/mol. The van der Waals surface area contributed by atoms with Crippen LogP contribution < -0.4 is 14.4 Å². The van der Waals surface area contributed by atoms with Crippen molar-refractivity contribution in [1.29, 1.82) is 0 Å². The van der Waals surface area contributed by atoms with Crippen LogP contribution in [0.15, 0.2) is 30.5 Å². The summed E-state index contributed by atoms with van der Waals surface area (Å²) in [6.07, 6.45) is 0.00989. The first-order valence-electron chi connectivity index (χ1n) is 8.37. The Morgan fingerprint density at radius 2 is 1.77 bits per heavy atom. The van der Waals surface area contributed by atoms with Gasteiger partial charge in [0, 0.05) is 18.9 Å². The molecular weight excluding hydrogens is 347 g/mol. The Bertz CT molecular complexity index is 744. The van der Waals surface area contributed by atoms with Crippen molar-refractivity contribution >= 4 is 11.5 Å². The van der Waals surface area contributed by atoms with E-state index in [-0.39, 0.29) is 17.9 Å². The number of methoxy groups -OCH3 is 1. The van der Waals surface area contributed by atoms with Gasteiger partial charge < -0.3 is 14.4 Å². The number of hydrogen-bond acceptors (Lipinski definition) is 5. The molecule has 0 amide bonds. The first-order valence-corrected chi connectivity index (χ1v) is 8.37. The van der Waals surface area contributed by atoms with E-state index in [4.69, 9.17) is 9.47 Å². The highest BCUT2D eigenvalue weighted by Crippen LogP contribution is 2.38. The van der Waals surface area contributed by atoms with Crippen molar-refractivity contribution in [3.05, 3.63) is 36.0 Å². The predicted molar refractivity (Wildman–Crippen MR) is 91.0 cm³/mol. The topological polar surface area (TPSA) is 47.5 Å². The normalized spacial score (nSPS) is 15.1. The fraction of sp³-hybridized carbons (Fsp3) is 0.444. The van der Waals surface area contributed by atoms with Crippen molar-refractivity contribution in [2.24, 2.45) is 0 Å². The van der Waals surface area contributed by atoms with Gasteiger partial charge >= 0.3 is 12.2 Å². The molecule has 0 bridgehead atoms. The predicted octanol–water partition coefficient (Wildman–Crippen LogP) is 4.59. The largest absolute Gasteiger partial charge is 0.497 e. The zero-order chi connectivity index (χ0) is 18.7. The standard InChI is InChI=1S/C18H20F3N3O2/c1-24(12-7-9-13(25-2)10-8-12)16-15(18(19,20)21)11-22-17(23-16)26-14-5-3-4-6-14/h7-11,14H,3-6H2,1-2H3. The second-order valence-electron chi connectivity index (χ2n) is 6.17. The van der Waals surface area contributed by atoms with Gasteiger partial charge in [0.15, 0.2) is 5.82 Å². The molecule has 1 aliphatic carbocycles. The lowest BCUT2D eigenvalue weighted by Gasteiger charge is -2.23. The summed E-state index contributed by atoms with van der Waals surface area (Å²) >= 11 is 0. The minimum Gasteiger partial charge on any atom is -0.497 e. The highest BCUT2D eigenvalue weighted by molar-refractivity contribution is 5.63. The first-order chi connectivity index (χ1) is 12.4. The molecule has 0 saturated heterocycles. The van der Waals surface area contributed by atoms with E-state index in [2.05, 4.69) is 9.97 Å². The van der Waals surface area contributed by atoms with Gasteiger partial charge in [-0.1, -0.05) is 0 Å². The van der Waals surface area contributed by atoms with Crippen LogP contribution in [0.4, 0.5) is 24.7 Å². The molecule has 2 aromatic rings. The molecule has 0 radical (unpaired) electrons. The molecular formula is C18H20F3N3O2. The monoisotopic (exact) mass is 367 g/mol. The summed E-state index contributed by atoms with van der Waals surface area (Å²) in [7, 11) is 3.05. The molecule has 5 nitrogen and oxygen atoms in total. The summed E-state index contributed by atoms with van der Waals surface area (Å²) in [5.74, 6) is 0.372. The van der Waals surface area contributed by atoms with Crippen molar-refractivity contribution in [3.8, 4) is 11.8 Å². The van der Waals surface area contributed by atoms with Crippen molar-refractivity contribution in [1.82, 2.24) is 9.97 Å².